The molecule has 5 nitrogen and oxygen atoms in total. The highest BCUT2D eigenvalue weighted by Gasteiger charge is 2.32. The third-order valence-corrected chi connectivity index (χ3v) is 4.93. The molecule has 1 aromatic heterocycles. The minimum Gasteiger partial charge on any atom is -0.444 e. The summed E-state index contributed by atoms with van der Waals surface area (Å²) >= 11 is 1.75. The van der Waals surface area contributed by atoms with Gasteiger partial charge in [-0.25, -0.2) is 9.78 Å². The molecule has 1 amide bonds. The second-order valence-electron chi connectivity index (χ2n) is 7.08. The Morgan fingerprint density at radius 2 is 1.95 bits per heavy atom. The molecular weight excluding hydrogens is 298 g/mol. The summed E-state index contributed by atoms with van der Waals surface area (Å²) in [5.74, 6) is 0. The van der Waals surface area contributed by atoms with Gasteiger partial charge >= 0.3 is 6.09 Å². The summed E-state index contributed by atoms with van der Waals surface area (Å²) in [6.07, 6.45) is 1.57. The van der Waals surface area contributed by atoms with Crippen LogP contribution in [0.15, 0.2) is 0 Å². The monoisotopic (exact) mass is 325 g/mol. The quantitative estimate of drug-likeness (QED) is 0.890. The number of thiazole rings is 1. The highest BCUT2D eigenvalue weighted by atomic mass is 32.1. The minimum absolute atomic E-state index is 0.212. The second-order valence-corrected chi connectivity index (χ2v) is 8.32. The van der Waals surface area contributed by atoms with Gasteiger partial charge in [-0.05, 0) is 54.4 Å². The van der Waals surface area contributed by atoms with Crippen molar-refractivity contribution in [3.05, 3.63) is 15.6 Å². The molecule has 124 valence electrons. The summed E-state index contributed by atoms with van der Waals surface area (Å²) < 4.78 is 5.27. The maximum absolute atomic E-state index is 11.7. The number of rotatable bonds is 4. The molecule has 2 rings (SSSR count). The summed E-state index contributed by atoms with van der Waals surface area (Å²) in [4.78, 5) is 17.5. The van der Waals surface area contributed by atoms with E-state index in [1.165, 1.54) is 4.88 Å². The van der Waals surface area contributed by atoms with Gasteiger partial charge in [0.05, 0.1) is 10.7 Å². The summed E-state index contributed by atoms with van der Waals surface area (Å²) in [5, 5.41) is 7.65. The van der Waals surface area contributed by atoms with E-state index < -0.39 is 5.60 Å². The summed E-state index contributed by atoms with van der Waals surface area (Å²) in [6.45, 7) is 11.9. The number of nitrogens with zero attached hydrogens (tertiary/aromatic N) is 1. The molecule has 1 fully saturated rings. The van der Waals surface area contributed by atoms with Crippen LogP contribution in [0.4, 0.5) is 4.79 Å². The average Bonchev–Trinajstić information content (AvgIpc) is 2.63. The number of nitrogens with one attached hydrogen (secondary N) is 2. The smallest absolute Gasteiger partial charge is 0.407 e. The van der Waals surface area contributed by atoms with E-state index in [2.05, 4.69) is 29.5 Å². The number of alkyl carbamates (subject to hydrolysis) is 1. The van der Waals surface area contributed by atoms with Crippen LogP contribution in [-0.2, 0) is 4.74 Å². The van der Waals surface area contributed by atoms with Gasteiger partial charge < -0.3 is 15.4 Å². The Balaban J connectivity index is 1.73. The molecular formula is C16H27N3O2S. The molecule has 6 heteroatoms. The van der Waals surface area contributed by atoms with Crippen molar-refractivity contribution >= 4 is 17.4 Å². The summed E-state index contributed by atoms with van der Waals surface area (Å²) in [6, 6.07) is 0.958. The molecule has 1 aliphatic rings. The number of carbonyl (C=O) groups is 1. The number of amides is 1. The van der Waals surface area contributed by atoms with Crippen LogP contribution in [0.1, 0.15) is 62.2 Å². The highest BCUT2D eigenvalue weighted by Crippen LogP contribution is 2.28. The molecule has 1 atom stereocenters. The Morgan fingerprint density at radius 1 is 1.32 bits per heavy atom. The Kier molecular flexibility index (Phi) is 5.12. The first-order valence-corrected chi connectivity index (χ1v) is 8.65. The Labute approximate surface area is 136 Å². The molecule has 1 unspecified atom stereocenters. The largest absolute Gasteiger partial charge is 0.444 e. The van der Waals surface area contributed by atoms with E-state index in [0.29, 0.717) is 12.1 Å². The van der Waals surface area contributed by atoms with E-state index in [1.54, 1.807) is 11.3 Å². The van der Waals surface area contributed by atoms with Crippen LogP contribution in [0.25, 0.3) is 0 Å². The molecule has 1 heterocycles. The van der Waals surface area contributed by atoms with Gasteiger partial charge in [-0.15, -0.1) is 11.3 Å². The van der Waals surface area contributed by atoms with Gasteiger partial charge in [-0.1, -0.05) is 0 Å². The van der Waals surface area contributed by atoms with Crippen LogP contribution in [0.3, 0.4) is 0 Å². The maximum atomic E-state index is 11.7. The zero-order chi connectivity index (χ0) is 16.5. The molecule has 0 bridgehead atoms. The highest BCUT2D eigenvalue weighted by molar-refractivity contribution is 7.11. The fourth-order valence-corrected chi connectivity index (χ4v) is 3.66. The number of aryl methyl sites for hydroxylation is 2. The lowest BCUT2D eigenvalue weighted by Crippen LogP contribution is -2.53. The Morgan fingerprint density at radius 3 is 2.45 bits per heavy atom. The maximum Gasteiger partial charge on any atom is 0.407 e. The molecule has 0 aliphatic heterocycles. The lowest BCUT2D eigenvalue weighted by molar-refractivity contribution is 0.0463. The number of ether oxygens (including phenoxy) is 1. The van der Waals surface area contributed by atoms with Crippen molar-refractivity contribution < 1.29 is 9.53 Å². The zero-order valence-corrected chi connectivity index (χ0v) is 15.1. The topological polar surface area (TPSA) is 63.2 Å². The third-order valence-electron chi connectivity index (χ3n) is 3.68. The normalized spacial score (nSPS) is 22.8. The van der Waals surface area contributed by atoms with Crippen LogP contribution in [0.5, 0.6) is 0 Å². The van der Waals surface area contributed by atoms with Crippen molar-refractivity contribution in [2.45, 2.75) is 78.1 Å². The number of hydrogen-bond acceptors (Lipinski definition) is 5. The molecule has 0 saturated heterocycles. The number of carbonyl (C=O) groups excluding carboxylic acids is 1. The molecule has 22 heavy (non-hydrogen) atoms. The van der Waals surface area contributed by atoms with E-state index in [-0.39, 0.29) is 12.1 Å². The van der Waals surface area contributed by atoms with Gasteiger partial charge in [0.2, 0.25) is 0 Å². The average molecular weight is 325 g/mol. The Bertz CT molecular complexity index is 530. The summed E-state index contributed by atoms with van der Waals surface area (Å²) in [7, 11) is 0. The molecule has 0 radical (unpaired) electrons. The van der Waals surface area contributed by atoms with Gasteiger partial charge in [0.15, 0.2) is 0 Å². The van der Waals surface area contributed by atoms with Crippen LogP contribution in [-0.4, -0.2) is 28.8 Å². The van der Waals surface area contributed by atoms with Crippen molar-refractivity contribution in [2.75, 3.05) is 0 Å². The second kappa shape index (κ2) is 6.54. The lowest BCUT2D eigenvalue weighted by atomic mass is 9.86. The summed E-state index contributed by atoms with van der Waals surface area (Å²) in [5.41, 5.74) is 0.673. The van der Waals surface area contributed by atoms with Crippen molar-refractivity contribution in [1.29, 1.82) is 0 Å². The van der Waals surface area contributed by atoms with Gasteiger partial charge in [0, 0.05) is 23.0 Å². The fraction of sp³-hybridized carbons (Fsp3) is 0.750. The SMILES string of the molecule is Cc1nc(C)c(C(C)NC2CC(NC(=O)OC(C)(C)C)C2)s1. The minimum atomic E-state index is -0.443. The van der Waals surface area contributed by atoms with Crippen molar-refractivity contribution in [3.63, 3.8) is 0 Å². The third kappa shape index (κ3) is 4.68. The van der Waals surface area contributed by atoms with E-state index >= 15 is 0 Å². The van der Waals surface area contributed by atoms with E-state index in [0.717, 1.165) is 23.5 Å². The predicted molar refractivity (Wildman–Crippen MR) is 89.3 cm³/mol. The van der Waals surface area contributed by atoms with Crippen molar-refractivity contribution in [2.24, 2.45) is 0 Å². The predicted octanol–water partition coefficient (Wildman–Crippen LogP) is 3.47. The molecule has 0 aromatic carbocycles. The first-order valence-electron chi connectivity index (χ1n) is 7.83. The van der Waals surface area contributed by atoms with E-state index in [1.807, 2.05) is 27.7 Å². The number of hydrogen-bond donors (Lipinski definition) is 2. The van der Waals surface area contributed by atoms with Gasteiger partial charge in [-0.3, -0.25) is 0 Å². The fourth-order valence-electron chi connectivity index (χ4n) is 2.72. The van der Waals surface area contributed by atoms with Crippen LogP contribution >= 0.6 is 11.3 Å². The van der Waals surface area contributed by atoms with E-state index in [4.69, 9.17) is 4.74 Å². The molecule has 2 N–H and O–H groups in total. The molecule has 1 aromatic rings. The first kappa shape index (κ1) is 17.2. The lowest BCUT2D eigenvalue weighted by Gasteiger charge is -2.38. The molecule has 1 aliphatic carbocycles. The van der Waals surface area contributed by atoms with Gasteiger partial charge in [0.25, 0.3) is 0 Å². The number of aromatic nitrogens is 1. The first-order chi connectivity index (χ1) is 10.1. The standard InChI is InChI=1S/C16H27N3O2S/c1-9-14(22-11(3)17-9)10(2)18-12-7-13(8-12)19-15(20)21-16(4,5)6/h10,12-13,18H,7-8H2,1-6H3,(H,19,20). The molecule has 0 spiro atoms. The van der Waals surface area contributed by atoms with E-state index in [9.17, 15) is 4.79 Å². The van der Waals surface area contributed by atoms with Crippen LogP contribution < -0.4 is 10.6 Å². The van der Waals surface area contributed by atoms with Crippen molar-refractivity contribution in [3.8, 4) is 0 Å². The zero-order valence-electron chi connectivity index (χ0n) is 14.3. The van der Waals surface area contributed by atoms with Crippen LogP contribution in [0, 0.1) is 13.8 Å². The van der Waals surface area contributed by atoms with Gasteiger partial charge in [0.1, 0.15) is 5.60 Å². The molecule has 1 saturated carbocycles. The van der Waals surface area contributed by atoms with Crippen LogP contribution in [0.2, 0.25) is 0 Å². The Hall–Kier alpha value is -1.14. The van der Waals surface area contributed by atoms with Gasteiger partial charge in [-0.2, -0.15) is 0 Å². The van der Waals surface area contributed by atoms with Crippen molar-refractivity contribution in [1.82, 2.24) is 15.6 Å².